The smallest absolute Gasteiger partial charge is 0.0653 e. The van der Waals surface area contributed by atoms with Gasteiger partial charge in [0, 0.05) is 18.5 Å². The van der Waals surface area contributed by atoms with Crippen molar-refractivity contribution in [1.29, 1.82) is 0 Å². The lowest BCUT2D eigenvalue weighted by Gasteiger charge is -2.34. The van der Waals surface area contributed by atoms with E-state index in [-0.39, 0.29) is 6.10 Å². The quantitative estimate of drug-likeness (QED) is 0.888. The Morgan fingerprint density at radius 1 is 1.53 bits per heavy atom. The van der Waals surface area contributed by atoms with E-state index < -0.39 is 0 Å². The summed E-state index contributed by atoms with van der Waals surface area (Å²) in [7, 11) is 0. The molecule has 102 valence electrons. The predicted octanol–water partition coefficient (Wildman–Crippen LogP) is 2.16. The molecule has 1 fully saturated rings. The number of aliphatic hydroxyl groups excluding tert-OH is 1. The summed E-state index contributed by atoms with van der Waals surface area (Å²) >= 11 is 0. The van der Waals surface area contributed by atoms with Crippen molar-refractivity contribution in [1.82, 2.24) is 15.1 Å². The number of H-pyrrole nitrogens is 1. The standard InChI is InChI=1S/C15H21N3O/c1-11(19)14-3-2-6-18(10-14)9-12-4-5-13-8-16-17-15(13)7-12/h4-5,7-8,11,14,19H,2-3,6,9-10H2,1H3,(H,16,17)/t11-,14-/m0/s1. The molecule has 2 atom stereocenters. The van der Waals surface area contributed by atoms with Gasteiger partial charge in [-0.05, 0) is 43.9 Å². The Morgan fingerprint density at radius 3 is 3.26 bits per heavy atom. The van der Waals surface area contributed by atoms with E-state index in [4.69, 9.17) is 0 Å². The highest BCUT2D eigenvalue weighted by Crippen LogP contribution is 2.22. The topological polar surface area (TPSA) is 52.1 Å². The Kier molecular flexibility index (Phi) is 3.53. The maximum Gasteiger partial charge on any atom is 0.0653 e. The molecule has 0 radical (unpaired) electrons. The Hall–Kier alpha value is -1.39. The van der Waals surface area contributed by atoms with Crippen LogP contribution < -0.4 is 0 Å². The van der Waals surface area contributed by atoms with Crippen LogP contribution in [0.2, 0.25) is 0 Å². The van der Waals surface area contributed by atoms with Gasteiger partial charge < -0.3 is 5.11 Å². The molecule has 0 bridgehead atoms. The fraction of sp³-hybridized carbons (Fsp3) is 0.533. The first-order chi connectivity index (χ1) is 9.22. The zero-order valence-electron chi connectivity index (χ0n) is 11.3. The Bertz CT molecular complexity index is 549. The van der Waals surface area contributed by atoms with E-state index in [1.807, 2.05) is 13.1 Å². The molecule has 4 heteroatoms. The number of aromatic nitrogens is 2. The number of rotatable bonds is 3. The molecule has 0 unspecified atom stereocenters. The number of hydrogen-bond acceptors (Lipinski definition) is 3. The number of fused-ring (bicyclic) bond motifs is 1. The molecule has 1 aromatic heterocycles. The summed E-state index contributed by atoms with van der Waals surface area (Å²) in [6.07, 6.45) is 3.98. The normalized spacial score (nSPS) is 22.7. The van der Waals surface area contributed by atoms with Gasteiger partial charge in [0.15, 0.2) is 0 Å². The molecule has 3 rings (SSSR count). The lowest BCUT2D eigenvalue weighted by atomic mass is 9.93. The Labute approximate surface area is 113 Å². The predicted molar refractivity (Wildman–Crippen MR) is 75.8 cm³/mol. The fourth-order valence-corrected chi connectivity index (χ4v) is 2.97. The van der Waals surface area contributed by atoms with Gasteiger partial charge in [-0.3, -0.25) is 10.00 Å². The average molecular weight is 259 g/mol. The Balaban J connectivity index is 1.69. The van der Waals surface area contributed by atoms with Crippen molar-refractivity contribution < 1.29 is 5.11 Å². The van der Waals surface area contributed by atoms with Crippen LogP contribution in [0.1, 0.15) is 25.3 Å². The Morgan fingerprint density at radius 2 is 2.42 bits per heavy atom. The highest BCUT2D eigenvalue weighted by atomic mass is 16.3. The molecule has 1 aliphatic heterocycles. The third-order valence-corrected chi connectivity index (χ3v) is 4.14. The monoisotopic (exact) mass is 259 g/mol. The number of piperidine rings is 1. The highest BCUT2D eigenvalue weighted by Gasteiger charge is 2.23. The molecule has 0 saturated carbocycles. The summed E-state index contributed by atoms with van der Waals surface area (Å²) in [5.74, 6) is 0.421. The van der Waals surface area contributed by atoms with E-state index in [0.717, 1.165) is 37.0 Å². The van der Waals surface area contributed by atoms with Crippen LogP contribution in [-0.4, -0.2) is 39.4 Å². The summed E-state index contributed by atoms with van der Waals surface area (Å²) in [5.41, 5.74) is 2.41. The number of likely N-dealkylation sites (tertiary alicyclic amines) is 1. The maximum atomic E-state index is 9.73. The summed E-state index contributed by atoms with van der Waals surface area (Å²) in [6, 6.07) is 6.46. The van der Waals surface area contributed by atoms with E-state index in [9.17, 15) is 5.11 Å². The van der Waals surface area contributed by atoms with Gasteiger partial charge >= 0.3 is 0 Å². The first-order valence-electron chi connectivity index (χ1n) is 7.05. The van der Waals surface area contributed by atoms with Gasteiger partial charge in [0.1, 0.15) is 0 Å². The summed E-state index contributed by atoms with van der Waals surface area (Å²) in [5, 5.41) is 18.0. The van der Waals surface area contributed by atoms with Crippen molar-refractivity contribution in [3.63, 3.8) is 0 Å². The molecular formula is C15H21N3O. The van der Waals surface area contributed by atoms with Gasteiger partial charge in [0.25, 0.3) is 0 Å². The van der Waals surface area contributed by atoms with Crippen molar-refractivity contribution in [3.8, 4) is 0 Å². The second-order valence-corrected chi connectivity index (χ2v) is 5.67. The van der Waals surface area contributed by atoms with Gasteiger partial charge in [0.2, 0.25) is 0 Å². The fourth-order valence-electron chi connectivity index (χ4n) is 2.97. The SMILES string of the molecule is C[C@H](O)[C@H]1CCCN(Cc2ccc3cn[nH]c3c2)C1. The van der Waals surface area contributed by atoms with E-state index in [1.54, 1.807) is 0 Å². The number of aromatic amines is 1. The van der Waals surface area contributed by atoms with Crippen LogP contribution in [0.25, 0.3) is 10.9 Å². The molecule has 2 aromatic rings. The van der Waals surface area contributed by atoms with Crippen LogP contribution >= 0.6 is 0 Å². The summed E-state index contributed by atoms with van der Waals surface area (Å²) in [6.45, 7) is 4.99. The van der Waals surface area contributed by atoms with Gasteiger partial charge in [0.05, 0.1) is 17.8 Å². The number of nitrogens with zero attached hydrogens (tertiary/aromatic N) is 2. The molecule has 0 spiro atoms. The summed E-state index contributed by atoms with van der Waals surface area (Å²) < 4.78 is 0. The van der Waals surface area contributed by atoms with Crippen molar-refractivity contribution in [2.75, 3.05) is 13.1 Å². The zero-order chi connectivity index (χ0) is 13.2. The lowest BCUT2D eigenvalue weighted by Crippen LogP contribution is -2.38. The molecule has 1 aromatic carbocycles. The van der Waals surface area contributed by atoms with E-state index in [2.05, 4.69) is 33.3 Å². The highest BCUT2D eigenvalue weighted by molar-refractivity contribution is 5.78. The minimum atomic E-state index is -0.196. The third kappa shape index (κ3) is 2.80. The molecule has 2 heterocycles. The van der Waals surface area contributed by atoms with Crippen molar-refractivity contribution in [3.05, 3.63) is 30.0 Å². The number of benzene rings is 1. The number of aliphatic hydroxyl groups is 1. The first kappa shape index (κ1) is 12.6. The van der Waals surface area contributed by atoms with Crippen LogP contribution in [0.5, 0.6) is 0 Å². The second kappa shape index (κ2) is 5.31. The van der Waals surface area contributed by atoms with Crippen LogP contribution in [0, 0.1) is 5.92 Å². The molecule has 4 nitrogen and oxygen atoms in total. The van der Waals surface area contributed by atoms with Gasteiger partial charge in [-0.25, -0.2) is 0 Å². The van der Waals surface area contributed by atoms with E-state index in [0.29, 0.717) is 5.92 Å². The largest absolute Gasteiger partial charge is 0.393 e. The van der Waals surface area contributed by atoms with Crippen molar-refractivity contribution in [2.45, 2.75) is 32.4 Å². The van der Waals surface area contributed by atoms with Crippen LogP contribution in [0.4, 0.5) is 0 Å². The van der Waals surface area contributed by atoms with Crippen molar-refractivity contribution >= 4 is 10.9 Å². The van der Waals surface area contributed by atoms with Crippen LogP contribution in [0.3, 0.4) is 0 Å². The number of hydrogen-bond donors (Lipinski definition) is 2. The average Bonchev–Trinajstić information content (AvgIpc) is 2.86. The molecule has 1 saturated heterocycles. The molecule has 0 aliphatic carbocycles. The zero-order valence-corrected chi connectivity index (χ0v) is 11.3. The number of nitrogens with one attached hydrogen (secondary N) is 1. The van der Waals surface area contributed by atoms with Crippen LogP contribution in [0.15, 0.2) is 24.4 Å². The van der Waals surface area contributed by atoms with E-state index >= 15 is 0 Å². The maximum absolute atomic E-state index is 9.73. The minimum Gasteiger partial charge on any atom is -0.393 e. The second-order valence-electron chi connectivity index (χ2n) is 5.67. The first-order valence-corrected chi connectivity index (χ1v) is 7.05. The van der Waals surface area contributed by atoms with Gasteiger partial charge in [-0.1, -0.05) is 12.1 Å². The molecule has 1 aliphatic rings. The molecule has 0 amide bonds. The van der Waals surface area contributed by atoms with Crippen molar-refractivity contribution in [2.24, 2.45) is 5.92 Å². The van der Waals surface area contributed by atoms with Gasteiger partial charge in [-0.2, -0.15) is 5.10 Å². The third-order valence-electron chi connectivity index (χ3n) is 4.14. The van der Waals surface area contributed by atoms with Crippen LogP contribution in [-0.2, 0) is 6.54 Å². The van der Waals surface area contributed by atoms with E-state index in [1.165, 1.54) is 12.0 Å². The lowest BCUT2D eigenvalue weighted by molar-refractivity contribution is 0.0599. The molecule has 19 heavy (non-hydrogen) atoms. The molecular weight excluding hydrogens is 238 g/mol. The van der Waals surface area contributed by atoms with Gasteiger partial charge in [-0.15, -0.1) is 0 Å². The molecule has 2 N–H and O–H groups in total. The minimum absolute atomic E-state index is 0.196. The summed E-state index contributed by atoms with van der Waals surface area (Å²) in [4.78, 5) is 2.44.